The summed E-state index contributed by atoms with van der Waals surface area (Å²) < 4.78 is 0. The average Bonchev–Trinajstić information content (AvgIpc) is 2.45. The van der Waals surface area contributed by atoms with E-state index in [1.165, 1.54) is 17.0 Å². The van der Waals surface area contributed by atoms with Gasteiger partial charge in [0, 0.05) is 35.8 Å². The van der Waals surface area contributed by atoms with Gasteiger partial charge in [-0.25, -0.2) is 0 Å². The maximum absolute atomic E-state index is 3.74. The third-order valence-corrected chi connectivity index (χ3v) is 5.05. The highest BCUT2D eigenvalue weighted by atomic mass is 32.2. The zero-order valence-electron chi connectivity index (χ0n) is 13.4. The van der Waals surface area contributed by atoms with Crippen LogP contribution >= 0.6 is 11.8 Å². The molecule has 2 rings (SSSR count). The zero-order chi connectivity index (χ0) is 14.8. The molecule has 1 N–H and O–H groups in total. The van der Waals surface area contributed by atoms with Crippen LogP contribution in [-0.4, -0.2) is 31.4 Å². The van der Waals surface area contributed by atoms with E-state index in [-0.39, 0.29) is 0 Å². The van der Waals surface area contributed by atoms with E-state index in [1.54, 1.807) is 0 Å². The minimum atomic E-state index is 0.300. The molecule has 1 aromatic rings. The molecule has 0 spiro atoms. The Morgan fingerprint density at radius 2 is 2.10 bits per heavy atom. The number of nitrogens with one attached hydrogen (secondary N) is 1. The third kappa shape index (κ3) is 3.50. The molecular weight excluding hydrogens is 264 g/mol. The van der Waals surface area contributed by atoms with Crippen LogP contribution in [0.4, 0.5) is 5.69 Å². The molecule has 2 nitrogen and oxygen atoms in total. The standard InChI is InChI=1S/C17H28N2S/c1-6-13-11-18-16(17(2,3)4)12-19(13)14-8-7-9-15(10-14)20-5/h7-10,13,16,18H,6,11-12H2,1-5H3. The minimum absolute atomic E-state index is 0.300. The molecule has 1 saturated heterocycles. The molecule has 0 aliphatic carbocycles. The van der Waals surface area contributed by atoms with E-state index in [2.05, 4.69) is 68.4 Å². The Labute approximate surface area is 128 Å². The molecular formula is C17H28N2S. The van der Waals surface area contributed by atoms with Gasteiger partial charge in [0.05, 0.1) is 0 Å². The van der Waals surface area contributed by atoms with E-state index in [0.29, 0.717) is 17.5 Å². The van der Waals surface area contributed by atoms with Gasteiger partial charge < -0.3 is 10.2 Å². The summed E-state index contributed by atoms with van der Waals surface area (Å²) in [5, 5.41) is 3.74. The van der Waals surface area contributed by atoms with Gasteiger partial charge in [-0.3, -0.25) is 0 Å². The summed E-state index contributed by atoms with van der Waals surface area (Å²) in [5.41, 5.74) is 1.67. The van der Waals surface area contributed by atoms with Crippen LogP contribution in [0.2, 0.25) is 0 Å². The van der Waals surface area contributed by atoms with E-state index in [0.717, 1.165) is 13.1 Å². The summed E-state index contributed by atoms with van der Waals surface area (Å²) in [6.07, 6.45) is 3.33. The van der Waals surface area contributed by atoms with Crippen LogP contribution in [0.15, 0.2) is 29.2 Å². The Balaban J connectivity index is 2.24. The van der Waals surface area contributed by atoms with Crippen molar-refractivity contribution in [3.63, 3.8) is 0 Å². The molecule has 1 aliphatic rings. The lowest BCUT2D eigenvalue weighted by Gasteiger charge is -2.46. The first-order chi connectivity index (χ1) is 9.45. The number of hydrogen-bond donors (Lipinski definition) is 1. The van der Waals surface area contributed by atoms with Crippen LogP contribution in [0.1, 0.15) is 34.1 Å². The largest absolute Gasteiger partial charge is 0.366 e. The van der Waals surface area contributed by atoms with E-state index < -0.39 is 0 Å². The maximum atomic E-state index is 3.74. The SMILES string of the molecule is CCC1CNC(C(C)(C)C)CN1c1cccc(SC)c1. The van der Waals surface area contributed by atoms with Crippen LogP contribution < -0.4 is 10.2 Å². The topological polar surface area (TPSA) is 15.3 Å². The fourth-order valence-electron chi connectivity index (χ4n) is 2.85. The van der Waals surface area contributed by atoms with Crippen molar-refractivity contribution < 1.29 is 0 Å². The lowest BCUT2D eigenvalue weighted by molar-refractivity contribution is 0.233. The number of hydrogen-bond acceptors (Lipinski definition) is 3. The Bertz CT molecular complexity index is 439. The molecule has 2 unspecified atom stereocenters. The van der Waals surface area contributed by atoms with Gasteiger partial charge in [-0.1, -0.05) is 33.8 Å². The van der Waals surface area contributed by atoms with E-state index in [9.17, 15) is 0 Å². The molecule has 112 valence electrons. The van der Waals surface area contributed by atoms with Crippen molar-refractivity contribution >= 4 is 17.4 Å². The molecule has 1 fully saturated rings. The van der Waals surface area contributed by atoms with Crippen molar-refractivity contribution in [1.29, 1.82) is 0 Å². The van der Waals surface area contributed by atoms with Crippen LogP contribution in [0.5, 0.6) is 0 Å². The fraction of sp³-hybridized carbons (Fsp3) is 0.647. The van der Waals surface area contributed by atoms with Crippen LogP contribution in [0, 0.1) is 5.41 Å². The quantitative estimate of drug-likeness (QED) is 0.847. The highest BCUT2D eigenvalue weighted by molar-refractivity contribution is 7.98. The predicted octanol–water partition coefficient (Wildman–Crippen LogP) is 4.01. The second kappa shape index (κ2) is 6.40. The average molecular weight is 292 g/mol. The van der Waals surface area contributed by atoms with Crippen LogP contribution in [-0.2, 0) is 0 Å². The zero-order valence-corrected chi connectivity index (χ0v) is 14.3. The summed E-state index contributed by atoms with van der Waals surface area (Å²) in [7, 11) is 0. The van der Waals surface area contributed by atoms with Gasteiger partial charge in [-0.05, 0) is 36.3 Å². The number of anilines is 1. The molecule has 20 heavy (non-hydrogen) atoms. The first kappa shape index (κ1) is 15.7. The van der Waals surface area contributed by atoms with Gasteiger partial charge in [0.15, 0.2) is 0 Å². The summed E-state index contributed by atoms with van der Waals surface area (Å²) in [5.74, 6) is 0. The lowest BCUT2D eigenvalue weighted by atomic mass is 9.84. The molecule has 0 aromatic heterocycles. The number of benzene rings is 1. The highest BCUT2D eigenvalue weighted by Crippen LogP contribution is 2.30. The van der Waals surface area contributed by atoms with Crippen molar-refractivity contribution in [2.24, 2.45) is 5.41 Å². The normalized spacial score (nSPS) is 23.9. The number of nitrogens with zero attached hydrogens (tertiary/aromatic N) is 1. The first-order valence-corrected chi connectivity index (χ1v) is 8.82. The van der Waals surface area contributed by atoms with Crippen molar-refractivity contribution in [2.75, 3.05) is 24.2 Å². The first-order valence-electron chi connectivity index (χ1n) is 7.59. The second-order valence-electron chi connectivity index (χ2n) is 6.74. The third-order valence-electron chi connectivity index (χ3n) is 4.32. The smallest absolute Gasteiger partial charge is 0.0412 e. The monoisotopic (exact) mass is 292 g/mol. The Morgan fingerprint density at radius 1 is 1.35 bits per heavy atom. The number of rotatable bonds is 3. The van der Waals surface area contributed by atoms with Gasteiger partial charge in [0.1, 0.15) is 0 Å². The Hall–Kier alpha value is -0.670. The van der Waals surface area contributed by atoms with E-state index >= 15 is 0 Å². The second-order valence-corrected chi connectivity index (χ2v) is 7.62. The Morgan fingerprint density at radius 3 is 2.70 bits per heavy atom. The van der Waals surface area contributed by atoms with Crippen LogP contribution in [0.25, 0.3) is 0 Å². The number of piperazine rings is 1. The predicted molar refractivity (Wildman–Crippen MR) is 90.9 cm³/mol. The van der Waals surface area contributed by atoms with Crippen molar-refractivity contribution in [3.8, 4) is 0 Å². The molecule has 1 aromatic carbocycles. The minimum Gasteiger partial charge on any atom is -0.366 e. The molecule has 0 saturated carbocycles. The summed E-state index contributed by atoms with van der Waals surface area (Å²) in [4.78, 5) is 3.95. The van der Waals surface area contributed by atoms with E-state index in [4.69, 9.17) is 0 Å². The molecule has 0 bridgehead atoms. The van der Waals surface area contributed by atoms with Gasteiger partial charge in [-0.15, -0.1) is 11.8 Å². The fourth-order valence-corrected chi connectivity index (χ4v) is 3.30. The summed E-state index contributed by atoms with van der Waals surface area (Å²) >= 11 is 1.82. The van der Waals surface area contributed by atoms with Crippen molar-refractivity contribution in [2.45, 2.75) is 51.1 Å². The maximum Gasteiger partial charge on any atom is 0.0412 e. The van der Waals surface area contributed by atoms with E-state index in [1.807, 2.05) is 11.8 Å². The Kier molecular flexibility index (Phi) is 5.03. The number of thioether (sulfide) groups is 1. The van der Waals surface area contributed by atoms with Gasteiger partial charge >= 0.3 is 0 Å². The van der Waals surface area contributed by atoms with Gasteiger partial charge in [-0.2, -0.15) is 0 Å². The molecule has 0 radical (unpaired) electrons. The van der Waals surface area contributed by atoms with Crippen molar-refractivity contribution in [3.05, 3.63) is 24.3 Å². The molecule has 0 amide bonds. The lowest BCUT2D eigenvalue weighted by Crippen LogP contribution is -2.60. The highest BCUT2D eigenvalue weighted by Gasteiger charge is 2.33. The molecule has 1 aliphatic heterocycles. The summed E-state index contributed by atoms with van der Waals surface area (Å²) in [6, 6.07) is 10.1. The van der Waals surface area contributed by atoms with Crippen LogP contribution in [0.3, 0.4) is 0 Å². The summed E-state index contributed by atoms with van der Waals surface area (Å²) in [6.45, 7) is 11.4. The van der Waals surface area contributed by atoms with Crippen molar-refractivity contribution in [1.82, 2.24) is 5.32 Å². The molecule has 1 heterocycles. The molecule has 2 atom stereocenters. The van der Waals surface area contributed by atoms with Gasteiger partial charge in [0.25, 0.3) is 0 Å². The van der Waals surface area contributed by atoms with Gasteiger partial charge in [0.2, 0.25) is 0 Å². The molecule has 3 heteroatoms.